The van der Waals surface area contributed by atoms with Crippen LogP contribution in [0, 0.1) is 0 Å². The highest BCUT2D eigenvalue weighted by Crippen LogP contribution is 2.15. The topological polar surface area (TPSA) is 74.6 Å². The van der Waals surface area contributed by atoms with Crippen molar-refractivity contribution >= 4 is 11.9 Å². The van der Waals surface area contributed by atoms with Gasteiger partial charge in [-0.1, -0.05) is 6.92 Å². The van der Waals surface area contributed by atoms with Crippen LogP contribution in [0.5, 0.6) is 0 Å². The lowest BCUT2D eigenvalue weighted by molar-refractivity contribution is -0.945. The Bertz CT molecular complexity index is 229. The molecule has 1 atom stereocenters. The minimum Gasteiger partial charge on any atom is -0.481 e. The van der Waals surface area contributed by atoms with Crippen molar-refractivity contribution in [3.05, 3.63) is 0 Å². The van der Waals surface area contributed by atoms with Crippen molar-refractivity contribution in [3.8, 4) is 0 Å². The molecule has 0 aliphatic carbocycles. The van der Waals surface area contributed by atoms with Gasteiger partial charge in [-0.25, -0.2) is 0 Å². The van der Waals surface area contributed by atoms with Crippen LogP contribution in [0.1, 0.15) is 47.5 Å². The van der Waals surface area contributed by atoms with Crippen molar-refractivity contribution in [3.63, 3.8) is 0 Å². The predicted octanol–water partition coefficient (Wildman–Crippen LogP) is 2.21. The van der Waals surface area contributed by atoms with Gasteiger partial charge in [0.2, 0.25) is 0 Å². The Hall–Kier alpha value is -1.10. The standard InChI is InChI=1S/C10H24N.C3H4O4/c1-6-10(5)11(7-2,8-3)9-4;4-2(5)1-3(6)7/h10H,6-9H2,1-5H3;1H2,(H,4,5)(H,6,7)/q+1;. The Morgan fingerprint density at radius 2 is 1.28 bits per heavy atom. The van der Waals surface area contributed by atoms with Gasteiger partial charge in [0.25, 0.3) is 0 Å². The van der Waals surface area contributed by atoms with Crippen molar-refractivity contribution < 1.29 is 24.3 Å². The van der Waals surface area contributed by atoms with Gasteiger partial charge in [-0.2, -0.15) is 0 Å². The molecular formula is C13H28NO4+. The van der Waals surface area contributed by atoms with E-state index in [4.69, 9.17) is 10.2 Å². The summed E-state index contributed by atoms with van der Waals surface area (Å²) in [7, 11) is 0. The summed E-state index contributed by atoms with van der Waals surface area (Å²) in [6.45, 7) is 15.4. The molecule has 1 unspecified atom stereocenters. The van der Waals surface area contributed by atoms with Crippen molar-refractivity contribution in [2.24, 2.45) is 0 Å². The van der Waals surface area contributed by atoms with E-state index in [0.717, 1.165) is 6.04 Å². The summed E-state index contributed by atoms with van der Waals surface area (Å²) < 4.78 is 1.29. The van der Waals surface area contributed by atoms with Gasteiger partial charge in [0.15, 0.2) is 0 Å². The number of nitrogens with zero attached hydrogens (tertiary/aromatic N) is 1. The Kier molecular flexibility index (Phi) is 10.6. The molecule has 0 radical (unpaired) electrons. The number of rotatable bonds is 7. The van der Waals surface area contributed by atoms with Gasteiger partial charge in [-0.3, -0.25) is 9.59 Å². The van der Waals surface area contributed by atoms with Crippen LogP contribution in [0.4, 0.5) is 0 Å². The molecule has 18 heavy (non-hydrogen) atoms. The van der Waals surface area contributed by atoms with Gasteiger partial charge >= 0.3 is 11.9 Å². The van der Waals surface area contributed by atoms with Gasteiger partial charge in [-0.15, -0.1) is 0 Å². The Morgan fingerprint density at radius 1 is 0.944 bits per heavy atom. The second-order valence-corrected chi connectivity index (χ2v) is 4.39. The van der Waals surface area contributed by atoms with E-state index in [2.05, 4.69) is 34.6 Å². The lowest BCUT2D eigenvalue weighted by Crippen LogP contribution is -2.53. The first-order valence-electron chi connectivity index (χ1n) is 6.58. The van der Waals surface area contributed by atoms with Crippen molar-refractivity contribution in [2.75, 3.05) is 19.6 Å². The maximum absolute atomic E-state index is 9.43. The van der Waals surface area contributed by atoms with Crippen LogP contribution < -0.4 is 0 Å². The molecule has 0 amide bonds. The normalized spacial score (nSPS) is 12.3. The number of quaternary nitrogens is 1. The zero-order chi connectivity index (χ0) is 14.8. The van der Waals surface area contributed by atoms with E-state index in [1.807, 2.05) is 0 Å². The molecule has 0 aromatic rings. The van der Waals surface area contributed by atoms with Gasteiger partial charge in [-0.05, 0) is 34.1 Å². The Morgan fingerprint density at radius 3 is 1.33 bits per heavy atom. The summed E-state index contributed by atoms with van der Waals surface area (Å²) in [5.74, 6) is -2.62. The fourth-order valence-electron chi connectivity index (χ4n) is 2.12. The lowest BCUT2D eigenvalue weighted by Gasteiger charge is -2.41. The predicted molar refractivity (Wildman–Crippen MR) is 71.5 cm³/mol. The number of carbonyl (C=O) groups is 2. The average Bonchev–Trinajstić information content (AvgIpc) is 2.30. The Balaban J connectivity index is 0. The maximum Gasteiger partial charge on any atom is 0.314 e. The minimum absolute atomic E-state index is 0.806. The number of hydrogen-bond acceptors (Lipinski definition) is 2. The number of carboxylic acids is 2. The molecule has 0 heterocycles. The largest absolute Gasteiger partial charge is 0.481 e. The first kappa shape index (κ1) is 19.2. The highest BCUT2D eigenvalue weighted by molar-refractivity contribution is 5.88. The second kappa shape index (κ2) is 9.88. The summed E-state index contributed by atoms with van der Waals surface area (Å²) in [4.78, 5) is 18.9. The van der Waals surface area contributed by atoms with E-state index < -0.39 is 18.4 Å². The Labute approximate surface area is 110 Å². The SMILES string of the molecule is CCC(C)[N+](CC)(CC)CC.O=C(O)CC(=O)O. The molecule has 108 valence electrons. The molecule has 5 heteroatoms. The van der Waals surface area contributed by atoms with E-state index in [-0.39, 0.29) is 0 Å². The zero-order valence-electron chi connectivity index (χ0n) is 12.3. The molecule has 0 saturated heterocycles. The summed E-state index contributed by atoms with van der Waals surface area (Å²) >= 11 is 0. The molecule has 0 fully saturated rings. The fraction of sp³-hybridized carbons (Fsp3) is 0.846. The quantitative estimate of drug-likeness (QED) is 0.545. The lowest BCUT2D eigenvalue weighted by atomic mass is 10.1. The molecule has 0 aliphatic rings. The van der Waals surface area contributed by atoms with E-state index in [1.165, 1.54) is 30.5 Å². The number of hydrogen-bond donors (Lipinski definition) is 2. The number of aliphatic carboxylic acids is 2. The molecule has 0 spiro atoms. The molecule has 0 aromatic carbocycles. The van der Waals surface area contributed by atoms with Crippen molar-refractivity contribution in [1.29, 1.82) is 0 Å². The van der Waals surface area contributed by atoms with E-state index in [9.17, 15) is 9.59 Å². The van der Waals surface area contributed by atoms with Gasteiger partial charge < -0.3 is 14.7 Å². The van der Waals surface area contributed by atoms with Crippen LogP contribution in [-0.2, 0) is 9.59 Å². The monoisotopic (exact) mass is 262 g/mol. The zero-order valence-corrected chi connectivity index (χ0v) is 12.3. The minimum atomic E-state index is -1.31. The van der Waals surface area contributed by atoms with Crippen LogP contribution >= 0.6 is 0 Å². The summed E-state index contributed by atoms with van der Waals surface area (Å²) in [5.41, 5.74) is 0. The van der Waals surface area contributed by atoms with Crippen LogP contribution in [0.2, 0.25) is 0 Å². The maximum atomic E-state index is 9.43. The van der Waals surface area contributed by atoms with Crippen LogP contribution in [-0.4, -0.2) is 52.3 Å². The fourth-order valence-corrected chi connectivity index (χ4v) is 2.12. The van der Waals surface area contributed by atoms with Crippen LogP contribution in [0.3, 0.4) is 0 Å². The average molecular weight is 262 g/mol. The molecule has 0 bridgehead atoms. The highest BCUT2D eigenvalue weighted by atomic mass is 16.4. The highest BCUT2D eigenvalue weighted by Gasteiger charge is 2.26. The first-order chi connectivity index (χ1) is 8.29. The molecule has 0 saturated carbocycles. The van der Waals surface area contributed by atoms with Gasteiger partial charge in [0.05, 0.1) is 25.7 Å². The number of carboxylic acid groups (broad SMARTS) is 2. The van der Waals surface area contributed by atoms with Crippen molar-refractivity contribution in [1.82, 2.24) is 0 Å². The third kappa shape index (κ3) is 7.27. The third-order valence-corrected chi connectivity index (χ3v) is 3.72. The first-order valence-corrected chi connectivity index (χ1v) is 6.58. The molecular weight excluding hydrogens is 234 g/mol. The van der Waals surface area contributed by atoms with Crippen molar-refractivity contribution in [2.45, 2.75) is 53.5 Å². The summed E-state index contributed by atoms with van der Waals surface area (Å²) in [5, 5.41) is 15.4. The third-order valence-electron chi connectivity index (χ3n) is 3.72. The molecule has 2 N–H and O–H groups in total. The van der Waals surface area contributed by atoms with E-state index in [0.29, 0.717) is 0 Å². The summed E-state index contributed by atoms with van der Waals surface area (Å²) in [6.07, 6.45) is 0.496. The van der Waals surface area contributed by atoms with E-state index in [1.54, 1.807) is 0 Å². The molecule has 5 nitrogen and oxygen atoms in total. The summed E-state index contributed by atoms with van der Waals surface area (Å²) in [6, 6.07) is 0.829. The molecule has 0 aromatic heterocycles. The van der Waals surface area contributed by atoms with E-state index >= 15 is 0 Å². The van der Waals surface area contributed by atoms with Gasteiger partial charge in [0, 0.05) is 0 Å². The van der Waals surface area contributed by atoms with Gasteiger partial charge in [0.1, 0.15) is 6.42 Å². The second-order valence-electron chi connectivity index (χ2n) is 4.39. The van der Waals surface area contributed by atoms with Crippen LogP contribution in [0.15, 0.2) is 0 Å². The molecule has 0 aliphatic heterocycles. The van der Waals surface area contributed by atoms with Crippen LogP contribution in [0.25, 0.3) is 0 Å². The smallest absolute Gasteiger partial charge is 0.314 e. The molecule has 0 rings (SSSR count).